The van der Waals surface area contributed by atoms with Crippen LogP contribution in [0.25, 0.3) is 17.0 Å². The van der Waals surface area contributed by atoms with Gasteiger partial charge in [0, 0.05) is 29.7 Å². The molecule has 1 aromatic carbocycles. The molecule has 0 aliphatic carbocycles. The number of hydrogen-bond acceptors (Lipinski definition) is 5. The van der Waals surface area contributed by atoms with Crippen LogP contribution in [-0.2, 0) is 15.6 Å². The van der Waals surface area contributed by atoms with E-state index in [0.29, 0.717) is 11.1 Å². The van der Waals surface area contributed by atoms with Crippen molar-refractivity contribution in [2.75, 3.05) is 24.5 Å². The lowest BCUT2D eigenvalue weighted by Crippen LogP contribution is -2.44. The van der Waals surface area contributed by atoms with Crippen molar-refractivity contribution in [3.8, 4) is 0 Å². The summed E-state index contributed by atoms with van der Waals surface area (Å²) >= 11 is 0. The van der Waals surface area contributed by atoms with Crippen molar-refractivity contribution >= 4 is 35.4 Å². The molecule has 0 bridgehead atoms. The Balaban J connectivity index is 1.90. The van der Waals surface area contributed by atoms with E-state index in [1.165, 1.54) is 17.3 Å². The summed E-state index contributed by atoms with van der Waals surface area (Å²) in [6.45, 7) is 14.4. The van der Waals surface area contributed by atoms with E-state index in [2.05, 4.69) is 50.4 Å². The number of carboxylic acid groups (broad SMARTS) is 1. The molecule has 0 spiro atoms. The molecule has 0 unspecified atom stereocenters. The van der Waals surface area contributed by atoms with Gasteiger partial charge in [-0.3, -0.25) is 4.99 Å². The normalized spacial score (nSPS) is 19.2. The van der Waals surface area contributed by atoms with Crippen molar-refractivity contribution in [3.63, 3.8) is 0 Å². The third-order valence-corrected chi connectivity index (χ3v) is 6.89. The average Bonchev–Trinajstić information content (AvgIpc) is 2.71. The number of fused-ring (bicyclic) bond motifs is 2. The lowest BCUT2D eigenvalue weighted by Gasteiger charge is -2.48. The topological polar surface area (TPSA) is 83.1 Å². The first-order valence-corrected chi connectivity index (χ1v) is 11.0. The molecular formula is C26H30N2O4. The maximum Gasteiger partial charge on any atom is 0.343 e. The average molecular weight is 435 g/mol. The number of aliphatic carboxylic acids is 1. The third kappa shape index (κ3) is 3.68. The van der Waals surface area contributed by atoms with Gasteiger partial charge in [0.1, 0.15) is 5.58 Å². The SMILES string of the molecule is C=NCC(=CC=Cc1cc2cc3c4c(c2oc1=O)C(C)(C)CCN4CCC3(C)C)C(=O)O. The largest absolute Gasteiger partial charge is 0.478 e. The van der Waals surface area contributed by atoms with E-state index in [1.807, 2.05) is 6.07 Å². The van der Waals surface area contributed by atoms with Gasteiger partial charge in [-0.1, -0.05) is 33.8 Å². The highest BCUT2D eigenvalue weighted by Crippen LogP contribution is 2.51. The Hall–Kier alpha value is -3.15. The van der Waals surface area contributed by atoms with Crippen molar-refractivity contribution in [1.82, 2.24) is 0 Å². The second kappa shape index (κ2) is 7.76. The summed E-state index contributed by atoms with van der Waals surface area (Å²) in [5.41, 5.74) is 4.32. The second-order valence-electron chi connectivity index (χ2n) is 10.0. The van der Waals surface area contributed by atoms with E-state index in [9.17, 15) is 14.7 Å². The predicted octanol–water partition coefficient (Wildman–Crippen LogP) is 4.69. The van der Waals surface area contributed by atoms with Crippen LogP contribution in [0.1, 0.15) is 57.2 Å². The molecule has 2 aliphatic rings. The summed E-state index contributed by atoms with van der Waals surface area (Å²) in [7, 11) is 0. The van der Waals surface area contributed by atoms with Crippen molar-refractivity contribution in [2.24, 2.45) is 4.99 Å². The van der Waals surface area contributed by atoms with Crippen molar-refractivity contribution in [2.45, 2.75) is 51.4 Å². The molecule has 2 aliphatic heterocycles. The summed E-state index contributed by atoms with van der Waals surface area (Å²) in [6, 6.07) is 4.02. The summed E-state index contributed by atoms with van der Waals surface area (Å²) < 4.78 is 5.92. The van der Waals surface area contributed by atoms with Gasteiger partial charge >= 0.3 is 11.6 Å². The van der Waals surface area contributed by atoms with Gasteiger partial charge in [0.2, 0.25) is 0 Å². The van der Waals surface area contributed by atoms with Gasteiger partial charge in [-0.2, -0.15) is 0 Å². The van der Waals surface area contributed by atoms with Crippen molar-refractivity contribution in [1.29, 1.82) is 0 Å². The van der Waals surface area contributed by atoms with Crippen LogP contribution in [0.2, 0.25) is 0 Å². The van der Waals surface area contributed by atoms with E-state index in [-0.39, 0.29) is 22.9 Å². The maximum atomic E-state index is 12.8. The first kappa shape index (κ1) is 22.1. The molecule has 168 valence electrons. The number of carboxylic acids is 1. The summed E-state index contributed by atoms with van der Waals surface area (Å²) in [5.74, 6) is -1.06. The van der Waals surface area contributed by atoms with Gasteiger partial charge in [0.05, 0.1) is 17.7 Å². The Morgan fingerprint density at radius 2 is 1.91 bits per heavy atom. The number of aliphatic imine (C=N–C) groups is 1. The number of carbonyl (C=O) groups is 1. The van der Waals surface area contributed by atoms with Crippen LogP contribution in [-0.4, -0.2) is 37.4 Å². The van der Waals surface area contributed by atoms with Crippen LogP contribution < -0.4 is 10.5 Å². The summed E-state index contributed by atoms with van der Waals surface area (Å²) in [5, 5.41) is 10.1. The van der Waals surface area contributed by atoms with Crippen LogP contribution in [0.4, 0.5) is 5.69 Å². The number of nitrogens with zero attached hydrogens (tertiary/aromatic N) is 2. The molecule has 3 heterocycles. The fourth-order valence-electron chi connectivity index (χ4n) is 4.86. The maximum absolute atomic E-state index is 12.8. The molecule has 0 fully saturated rings. The Kier molecular flexibility index (Phi) is 5.35. The molecule has 6 nitrogen and oxygen atoms in total. The highest BCUT2D eigenvalue weighted by molar-refractivity contribution is 5.91. The Labute approximate surface area is 188 Å². The smallest absolute Gasteiger partial charge is 0.343 e. The quantitative estimate of drug-likeness (QED) is 0.320. The zero-order valence-corrected chi connectivity index (χ0v) is 19.2. The zero-order valence-electron chi connectivity index (χ0n) is 19.2. The van der Waals surface area contributed by atoms with E-state index in [0.717, 1.165) is 36.9 Å². The highest BCUT2D eigenvalue weighted by Gasteiger charge is 2.41. The minimum atomic E-state index is -1.06. The Morgan fingerprint density at radius 1 is 1.22 bits per heavy atom. The summed E-state index contributed by atoms with van der Waals surface area (Å²) in [4.78, 5) is 30.2. The minimum Gasteiger partial charge on any atom is -0.478 e. The lowest BCUT2D eigenvalue weighted by molar-refractivity contribution is -0.132. The fraction of sp³-hybridized carbons (Fsp3) is 0.423. The third-order valence-electron chi connectivity index (χ3n) is 6.89. The minimum absolute atomic E-state index is 0.00215. The monoisotopic (exact) mass is 434 g/mol. The molecular weight excluding hydrogens is 404 g/mol. The van der Waals surface area contributed by atoms with Gasteiger partial charge in [0.25, 0.3) is 0 Å². The molecule has 1 aromatic heterocycles. The molecule has 4 rings (SSSR count). The predicted molar refractivity (Wildman–Crippen MR) is 129 cm³/mol. The highest BCUT2D eigenvalue weighted by atomic mass is 16.4. The van der Waals surface area contributed by atoms with Crippen LogP contribution in [0.15, 0.2) is 44.1 Å². The zero-order chi connectivity index (χ0) is 23.3. The number of hydrogen-bond donors (Lipinski definition) is 1. The van der Waals surface area contributed by atoms with E-state index < -0.39 is 11.6 Å². The van der Waals surface area contributed by atoms with Gasteiger partial charge in [0.15, 0.2) is 0 Å². The van der Waals surface area contributed by atoms with Crippen molar-refractivity contribution in [3.05, 3.63) is 57.0 Å². The molecule has 32 heavy (non-hydrogen) atoms. The lowest BCUT2D eigenvalue weighted by atomic mass is 9.69. The first-order valence-electron chi connectivity index (χ1n) is 11.0. The molecule has 0 amide bonds. The van der Waals surface area contributed by atoms with E-state index in [4.69, 9.17) is 4.42 Å². The Morgan fingerprint density at radius 3 is 2.56 bits per heavy atom. The van der Waals surface area contributed by atoms with E-state index in [1.54, 1.807) is 12.2 Å². The second-order valence-corrected chi connectivity index (χ2v) is 10.0. The molecule has 1 N–H and O–H groups in total. The first-order chi connectivity index (χ1) is 15.0. The standard InChI is InChI=1S/C26H30N2O4/c1-25(2)9-11-28-12-10-26(3,4)20-21(28)19(25)14-18-13-16(24(31)32-22(18)20)7-6-8-17(15-27-5)23(29)30/h6-8,13-14H,5,9-12,15H2,1-4H3,(H,29,30). The van der Waals surface area contributed by atoms with Crippen LogP contribution in [0.3, 0.4) is 0 Å². The fourth-order valence-corrected chi connectivity index (χ4v) is 4.86. The van der Waals surface area contributed by atoms with Gasteiger partial charge in [-0.15, -0.1) is 0 Å². The summed E-state index contributed by atoms with van der Waals surface area (Å²) in [6.07, 6.45) is 6.65. The number of anilines is 1. The van der Waals surface area contributed by atoms with Gasteiger partial charge in [-0.25, -0.2) is 9.59 Å². The molecule has 0 radical (unpaired) electrons. The molecule has 2 aromatic rings. The Bertz CT molecular complexity index is 1230. The molecule has 0 saturated heterocycles. The van der Waals surface area contributed by atoms with Gasteiger partial charge in [-0.05, 0) is 60.2 Å². The van der Waals surface area contributed by atoms with Gasteiger partial charge < -0.3 is 14.4 Å². The number of rotatable bonds is 5. The van der Waals surface area contributed by atoms with Crippen molar-refractivity contribution < 1.29 is 14.3 Å². The van der Waals surface area contributed by atoms with Crippen LogP contribution in [0, 0.1) is 0 Å². The van der Waals surface area contributed by atoms with Crippen LogP contribution in [0.5, 0.6) is 0 Å². The molecule has 0 atom stereocenters. The van der Waals surface area contributed by atoms with E-state index >= 15 is 0 Å². The molecule has 0 saturated carbocycles. The number of allylic oxidation sites excluding steroid dienone is 2. The molecule has 6 heteroatoms. The van der Waals surface area contributed by atoms with Crippen LogP contribution >= 0.6 is 0 Å². The number of benzene rings is 1.